The monoisotopic (exact) mass is 770 g/mol. The van der Waals surface area contributed by atoms with Gasteiger partial charge in [-0.05, 0) is 69.2 Å². The van der Waals surface area contributed by atoms with Gasteiger partial charge in [0.15, 0.2) is 0 Å². The van der Waals surface area contributed by atoms with Gasteiger partial charge in [0.25, 0.3) is 0 Å². The maximum absolute atomic E-state index is 12.5. The first kappa shape index (κ1) is 42.4. The first-order valence-corrected chi connectivity index (χ1v) is 19.9. The predicted molar refractivity (Wildman–Crippen MR) is 222 cm³/mol. The van der Waals surface area contributed by atoms with Crippen LogP contribution in [0.5, 0.6) is 0 Å². The van der Waals surface area contributed by atoms with Crippen molar-refractivity contribution in [2.24, 2.45) is 22.7 Å². The number of rotatable bonds is 12. The number of carbonyl (C=O) groups excluding carboxylic acids is 3. The van der Waals surface area contributed by atoms with Crippen LogP contribution in [0.25, 0.3) is 22.3 Å². The highest BCUT2D eigenvalue weighted by Gasteiger charge is 2.61. The van der Waals surface area contributed by atoms with Gasteiger partial charge in [-0.3, -0.25) is 19.2 Å². The van der Waals surface area contributed by atoms with E-state index in [4.69, 9.17) is 14.2 Å². The van der Waals surface area contributed by atoms with Crippen molar-refractivity contribution in [1.29, 1.82) is 0 Å². The molecule has 0 aromatic heterocycles. The first-order chi connectivity index (χ1) is 27.7. The lowest BCUT2D eigenvalue weighted by molar-refractivity contribution is -0.155. The number of ether oxygens (including phenoxy) is 3. The van der Waals surface area contributed by atoms with Gasteiger partial charge in [0.2, 0.25) is 0 Å². The van der Waals surface area contributed by atoms with Crippen LogP contribution in [-0.4, -0.2) is 49.3 Å². The fourth-order valence-corrected chi connectivity index (χ4v) is 8.37. The Bertz CT molecular complexity index is 2030. The Kier molecular flexibility index (Phi) is 13.7. The molecule has 8 rings (SSSR count). The first-order valence-electron chi connectivity index (χ1n) is 19.9. The van der Waals surface area contributed by atoms with Crippen molar-refractivity contribution in [2.75, 3.05) is 20.3 Å². The Balaban J connectivity index is 0.000000200. The highest BCUT2D eigenvalue weighted by Crippen LogP contribution is 2.57. The van der Waals surface area contributed by atoms with E-state index in [9.17, 15) is 24.3 Å². The molecule has 4 aliphatic carbocycles. The molecule has 2 saturated carbocycles. The van der Waals surface area contributed by atoms with Gasteiger partial charge in [0.05, 0.1) is 30.8 Å². The van der Waals surface area contributed by atoms with E-state index in [1.54, 1.807) is 12.2 Å². The number of fused-ring (bicyclic) bond motifs is 6. The number of carboxylic acid groups (broad SMARTS) is 1. The van der Waals surface area contributed by atoms with Crippen LogP contribution in [0.2, 0.25) is 0 Å². The molecule has 0 heterocycles. The van der Waals surface area contributed by atoms with E-state index >= 15 is 0 Å². The number of hydrogen-bond donors (Lipinski definition) is 1. The van der Waals surface area contributed by atoms with Crippen molar-refractivity contribution >= 4 is 23.9 Å². The number of esters is 3. The molecule has 0 saturated heterocycles. The van der Waals surface area contributed by atoms with Gasteiger partial charge < -0.3 is 19.3 Å². The zero-order valence-electron chi connectivity index (χ0n) is 33.7. The molecule has 0 amide bonds. The van der Waals surface area contributed by atoms with Crippen LogP contribution in [0.15, 0.2) is 122 Å². The molecular weight excluding hydrogens is 717 g/mol. The number of hydrogen-bond acceptors (Lipinski definition) is 7. The molecular formula is C49H54O8. The Morgan fingerprint density at radius 2 is 0.912 bits per heavy atom. The topological polar surface area (TPSA) is 116 Å². The molecule has 0 unspecified atom stereocenters. The molecule has 8 nitrogen and oxygen atoms in total. The zero-order valence-corrected chi connectivity index (χ0v) is 33.7. The molecule has 4 atom stereocenters. The van der Waals surface area contributed by atoms with E-state index in [2.05, 4.69) is 61.7 Å². The number of benzene rings is 4. The van der Waals surface area contributed by atoms with Crippen LogP contribution in [0.1, 0.15) is 87.5 Å². The van der Waals surface area contributed by atoms with Crippen LogP contribution in [0.3, 0.4) is 0 Å². The number of carboxylic acids is 1. The van der Waals surface area contributed by atoms with Gasteiger partial charge in [0.1, 0.15) is 13.2 Å². The van der Waals surface area contributed by atoms with Gasteiger partial charge in [-0.2, -0.15) is 0 Å². The van der Waals surface area contributed by atoms with Crippen LogP contribution in [0, 0.1) is 22.7 Å². The third-order valence-electron chi connectivity index (χ3n) is 11.5. The Morgan fingerprint density at radius 1 is 0.596 bits per heavy atom. The van der Waals surface area contributed by atoms with E-state index in [-0.39, 0.29) is 61.7 Å². The molecule has 298 valence electrons. The van der Waals surface area contributed by atoms with E-state index in [1.807, 2.05) is 76.2 Å². The molecule has 0 aliphatic heterocycles. The van der Waals surface area contributed by atoms with Crippen molar-refractivity contribution in [3.8, 4) is 22.3 Å². The number of carbonyl (C=O) groups is 4. The van der Waals surface area contributed by atoms with Crippen LogP contribution in [-0.2, 0) is 33.4 Å². The maximum atomic E-state index is 12.5. The van der Waals surface area contributed by atoms with Crippen molar-refractivity contribution < 1.29 is 38.5 Å². The summed E-state index contributed by atoms with van der Waals surface area (Å²) in [5.41, 5.74) is 7.52. The van der Waals surface area contributed by atoms with E-state index in [0.29, 0.717) is 12.8 Å². The lowest BCUT2D eigenvalue weighted by Gasteiger charge is -2.17. The highest BCUT2D eigenvalue weighted by molar-refractivity contribution is 5.88. The van der Waals surface area contributed by atoms with E-state index in [1.165, 1.54) is 40.5 Å². The SMILES string of the molecule is C=C[C@@H]1C[C@]1(CC(=O)OCC1c2ccccc2-c2ccccc21)C(=O)O.C=C[C@@H]1C[C@]1(CC(=O)OCC1c2ccccc2-c2ccccc21)C(=O)OC.CC.CC. The van der Waals surface area contributed by atoms with Gasteiger partial charge in [0, 0.05) is 11.8 Å². The normalized spacial score (nSPS) is 21.4. The average Bonchev–Trinajstić information content (AvgIpc) is 4.10. The standard InChI is InChI=1S/C23H22O4.C22H20O4.2C2H6/c1-3-15-12-23(15,22(25)26-2)13-21(24)27-14-20-18-10-6-4-8-16(18)17-9-5-7-11-19(17)20;1-2-14-11-22(14,21(24)25)12-20(23)26-13-19-17-9-5-3-7-15(17)16-8-4-6-10-18(16)19;2*1-2/h3-11,15,20H,1,12-14H2,2H3;2-10,14,19H,1,11-13H2,(H,24,25);2*1-2H3/t15-,23-;14-,22-;;/m11../s1. The van der Waals surface area contributed by atoms with Gasteiger partial charge in [-0.15, -0.1) is 13.2 Å². The van der Waals surface area contributed by atoms with Gasteiger partial charge in [-0.25, -0.2) is 0 Å². The molecule has 4 aromatic carbocycles. The number of allylic oxidation sites excluding steroid dienone is 2. The zero-order chi connectivity index (χ0) is 41.3. The van der Waals surface area contributed by atoms with Gasteiger partial charge >= 0.3 is 23.9 Å². The Morgan fingerprint density at radius 3 is 1.21 bits per heavy atom. The molecule has 4 aromatic rings. The summed E-state index contributed by atoms with van der Waals surface area (Å²) in [7, 11) is 1.35. The minimum absolute atomic E-state index is 0.0125. The van der Waals surface area contributed by atoms with E-state index < -0.39 is 22.8 Å². The molecule has 0 radical (unpaired) electrons. The minimum atomic E-state index is -1.02. The van der Waals surface area contributed by atoms with E-state index in [0.717, 1.165) is 11.1 Å². The smallest absolute Gasteiger partial charge is 0.313 e. The van der Waals surface area contributed by atoms with Crippen molar-refractivity contribution in [1.82, 2.24) is 0 Å². The summed E-state index contributed by atoms with van der Waals surface area (Å²) in [6.07, 6.45) is 4.31. The molecule has 2 fully saturated rings. The van der Waals surface area contributed by atoms with Gasteiger partial charge in [-0.1, -0.05) is 137 Å². The molecule has 8 heteroatoms. The fraction of sp³-hybridized carbons (Fsp3) is 0.347. The van der Waals surface area contributed by atoms with Crippen molar-refractivity contribution in [3.05, 3.63) is 145 Å². The number of methoxy groups -OCH3 is 1. The lowest BCUT2D eigenvalue weighted by atomic mass is 9.97. The summed E-state index contributed by atoms with van der Waals surface area (Å²) in [6, 6.07) is 32.7. The quantitative estimate of drug-likeness (QED) is 0.0860. The summed E-state index contributed by atoms with van der Waals surface area (Å²) < 4.78 is 16.0. The second kappa shape index (κ2) is 18.5. The largest absolute Gasteiger partial charge is 0.481 e. The fourth-order valence-electron chi connectivity index (χ4n) is 8.37. The van der Waals surface area contributed by atoms with Crippen LogP contribution < -0.4 is 0 Å². The molecule has 4 aliphatic rings. The lowest BCUT2D eigenvalue weighted by Crippen LogP contribution is -2.25. The average molecular weight is 771 g/mol. The Labute approximate surface area is 336 Å². The highest BCUT2D eigenvalue weighted by atomic mass is 16.5. The third kappa shape index (κ3) is 8.36. The second-order valence-corrected chi connectivity index (χ2v) is 14.4. The summed E-state index contributed by atoms with van der Waals surface area (Å²) in [5, 5.41) is 9.44. The summed E-state index contributed by atoms with van der Waals surface area (Å²) in [5.74, 6) is -2.31. The molecule has 57 heavy (non-hydrogen) atoms. The van der Waals surface area contributed by atoms with Crippen LogP contribution in [0.4, 0.5) is 0 Å². The third-order valence-corrected chi connectivity index (χ3v) is 11.5. The second-order valence-electron chi connectivity index (χ2n) is 14.4. The summed E-state index contributed by atoms with van der Waals surface area (Å²) >= 11 is 0. The maximum Gasteiger partial charge on any atom is 0.313 e. The van der Waals surface area contributed by atoms with Crippen molar-refractivity contribution in [2.45, 2.75) is 65.2 Å². The van der Waals surface area contributed by atoms with Crippen molar-refractivity contribution in [3.63, 3.8) is 0 Å². The Hall–Kier alpha value is -5.76. The molecule has 0 bridgehead atoms. The van der Waals surface area contributed by atoms with Crippen LogP contribution >= 0.6 is 0 Å². The number of aliphatic carboxylic acids is 1. The predicted octanol–water partition coefficient (Wildman–Crippen LogP) is 10.2. The summed E-state index contributed by atoms with van der Waals surface area (Å²) in [6.45, 7) is 15.9. The molecule has 0 spiro atoms. The molecule has 1 N–H and O–H groups in total. The summed E-state index contributed by atoms with van der Waals surface area (Å²) in [4.78, 5) is 48.5. The minimum Gasteiger partial charge on any atom is -0.481 e.